The monoisotopic (exact) mass is 241 g/mol. The Kier molecular flexibility index (Phi) is 5.85. The SMILES string of the molecule is CCSc1ccc(F)cc1CNCC(C)C. The largest absolute Gasteiger partial charge is 0.312 e. The van der Waals surface area contributed by atoms with Crippen LogP contribution in [0.3, 0.4) is 0 Å². The first-order valence-electron chi connectivity index (χ1n) is 5.75. The lowest BCUT2D eigenvalue weighted by atomic mass is 10.2. The van der Waals surface area contributed by atoms with Crippen LogP contribution in [0, 0.1) is 11.7 Å². The first kappa shape index (κ1) is 13.5. The first-order valence-corrected chi connectivity index (χ1v) is 6.74. The first-order chi connectivity index (χ1) is 7.63. The van der Waals surface area contributed by atoms with Crippen molar-refractivity contribution in [1.29, 1.82) is 0 Å². The summed E-state index contributed by atoms with van der Waals surface area (Å²) >= 11 is 1.76. The summed E-state index contributed by atoms with van der Waals surface area (Å²) in [7, 11) is 0. The van der Waals surface area contributed by atoms with Crippen molar-refractivity contribution in [3.63, 3.8) is 0 Å². The molecule has 0 amide bonds. The Labute approximate surface area is 102 Å². The molecule has 1 aromatic carbocycles. The van der Waals surface area contributed by atoms with Crippen LogP contribution in [0.4, 0.5) is 4.39 Å². The van der Waals surface area contributed by atoms with Gasteiger partial charge in [0.1, 0.15) is 5.82 Å². The van der Waals surface area contributed by atoms with Crippen LogP contribution in [0.15, 0.2) is 23.1 Å². The van der Waals surface area contributed by atoms with Gasteiger partial charge in [-0.3, -0.25) is 0 Å². The van der Waals surface area contributed by atoms with E-state index in [9.17, 15) is 4.39 Å². The van der Waals surface area contributed by atoms with Crippen LogP contribution in [-0.2, 0) is 6.54 Å². The Hall–Kier alpha value is -0.540. The van der Waals surface area contributed by atoms with E-state index < -0.39 is 0 Å². The van der Waals surface area contributed by atoms with Gasteiger partial charge in [-0.05, 0) is 42.0 Å². The number of hydrogen-bond acceptors (Lipinski definition) is 2. The number of thioether (sulfide) groups is 1. The molecule has 0 aromatic heterocycles. The van der Waals surface area contributed by atoms with Crippen LogP contribution in [0.1, 0.15) is 26.3 Å². The van der Waals surface area contributed by atoms with Gasteiger partial charge in [0.15, 0.2) is 0 Å². The zero-order valence-corrected chi connectivity index (χ0v) is 11.0. The van der Waals surface area contributed by atoms with Crippen molar-refractivity contribution < 1.29 is 4.39 Å². The summed E-state index contributed by atoms with van der Waals surface area (Å²) < 4.78 is 13.1. The second-order valence-corrected chi connectivity index (χ2v) is 5.52. The molecule has 0 aliphatic carbocycles. The fourth-order valence-corrected chi connectivity index (χ4v) is 2.27. The molecule has 0 radical (unpaired) electrons. The van der Waals surface area contributed by atoms with Crippen molar-refractivity contribution in [3.8, 4) is 0 Å². The molecule has 1 N–H and O–H groups in total. The van der Waals surface area contributed by atoms with E-state index in [1.54, 1.807) is 17.8 Å². The predicted octanol–water partition coefficient (Wildman–Crippen LogP) is 3.68. The van der Waals surface area contributed by atoms with Crippen LogP contribution >= 0.6 is 11.8 Å². The molecule has 0 aliphatic rings. The van der Waals surface area contributed by atoms with Crippen LogP contribution in [0.25, 0.3) is 0 Å². The summed E-state index contributed by atoms with van der Waals surface area (Å²) in [5.41, 5.74) is 1.06. The van der Waals surface area contributed by atoms with E-state index in [0.29, 0.717) is 5.92 Å². The van der Waals surface area contributed by atoms with Gasteiger partial charge in [0.25, 0.3) is 0 Å². The molecule has 16 heavy (non-hydrogen) atoms. The third-order valence-electron chi connectivity index (χ3n) is 2.19. The van der Waals surface area contributed by atoms with Gasteiger partial charge in [-0.1, -0.05) is 20.8 Å². The van der Waals surface area contributed by atoms with Gasteiger partial charge in [-0.2, -0.15) is 0 Å². The molecular formula is C13H20FNS. The molecule has 0 bridgehead atoms. The van der Waals surface area contributed by atoms with Crippen molar-refractivity contribution in [2.45, 2.75) is 32.2 Å². The number of halogens is 1. The van der Waals surface area contributed by atoms with Crippen LogP contribution in [0.2, 0.25) is 0 Å². The Morgan fingerprint density at radius 2 is 2.12 bits per heavy atom. The summed E-state index contributed by atoms with van der Waals surface area (Å²) in [6.07, 6.45) is 0. The molecule has 0 fully saturated rings. The van der Waals surface area contributed by atoms with Gasteiger partial charge in [-0.15, -0.1) is 11.8 Å². The molecule has 0 heterocycles. The second-order valence-electron chi connectivity index (χ2n) is 4.21. The number of rotatable bonds is 6. The maximum atomic E-state index is 13.1. The van der Waals surface area contributed by atoms with Gasteiger partial charge < -0.3 is 5.32 Å². The van der Waals surface area contributed by atoms with E-state index in [4.69, 9.17) is 0 Å². The van der Waals surface area contributed by atoms with E-state index in [1.807, 2.05) is 6.07 Å². The van der Waals surface area contributed by atoms with Crippen molar-refractivity contribution in [1.82, 2.24) is 5.32 Å². The normalized spacial score (nSPS) is 11.1. The maximum Gasteiger partial charge on any atom is 0.123 e. The Bertz CT molecular complexity index is 326. The number of hydrogen-bond donors (Lipinski definition) is 1. The van der Waals surface area contributed by atoms with Crippen LogP contribution in [0.5, 0.6) is 0 Å². The van der Waals surface area contributed by atoms with Crippen LogP contribution in [-0.4, -0.2) is 12.3 Å². The second kappa shape index (κ2) is 6.92. The van der Waals surface area contributed by atoms with Crippen molar-refractivity contribution >= 4 is 11.8 Å². The molecule has 1 aromatic rings. The van der Waals surface area contributed by atoms with E-state index in [0.717, 1.165) is 24.4 Å². The quantitative estimate of drug-likeness (QED) is 0.762. The molecule has 0 spiro atoms. The Morgan fingerprint density at radius 3 is 2.75 bits per heavy atom. The number of nitrogens with one attached hydrogen (secondary N) is 1. The molecule has 1 nitrogen and oxygen atoms in total. The lowest BCUT2D eigenvalue weighted by Crippen LogP contribution is -2.19. The predicted molar refractivity (Wildman–Crippen MR) is 69.3 cm³/mol. The molecule has 1 rings (SSSR count). The fraction of sp³-hybridized carbons (Fsp3) is 0.538. The van der Waals surface area contributed by atoms with E-state index in [-0.39, 0.29) is 5.82 Å². The highest BCUT2D eigenvalue weighted by Crippen LogP contribution is 2.23. The third kappa shape index (κ3) is 4.54. The van der Waals surface area contributed by atoms with E-state index in [2.05, 4.69) is 26.1 Å². The molecule has 0 saturated heterocycles. The molecule has 3 heteroatoms. The lowest BCUT2D eigenvalue weighted by Gasteiger charge is -2.11. The molecular weight excluding hydrogens is 221 g/mol. The van der Waals surface area contributed by atoms with Crippen molar-refractivity contribution in [2.75, 3.05) is 12.3 Å². The zero-order valence-electron chi connectivity index (χ0n) is 10.2. The summed E-state index contributed by atoms with van der Waals surface area (Å²) in [6.45, 7) is 8.16. The van der Waals surface area contributed by atoms with Crippen molar-refractivity contribution in [3.05, 3.63) is 29.6 Å². The lowest BCUT2D eigenvalue weighted by molar-refractivity contribution is 0.547. The summed E-state index contributed by atoms with van der Waals surface area (Å²) in [4.78, 5) is 1.18. The van der Waals surface area contributed by atoms with E-state index >= 15 is 0 Å². The highest BCUT2D eigenvalue weighted by molar-refractivity contribution is 7.99. The molecule has 0 atom stereocenters. The van der Waals surface area contributed by atoms with Gasteiger partial charge >= 0.3 is 0 Å². The minimum absolute atomic E-state index is 0.151. The Morgan fingerprint density at radius 1 is 1.38 bits per heavy atom. The van der Waals surface area contributed by atoms with Gasteiger partial charge in [0.2, 0.25) is 0 Å². The molecule has 0 aliphatic heterocycles. The van der Waals surface area contributed by atoms with E-state index in [1.165, 1.54) is 11.0 Å². The van der Waals surface area contributed by atoms with Crippen molar-refractivity contribution in [2.24, 2.45) is 5.92 Å². The minimum atomic E-state index is -0.151. The average molecular weight is 241 g/mol. The highest BCUT2D eigenvalue weighted by Gasteiger charge is 2.04. The van der Waals surface area contributed by atoms with Crippen LogP contribution < -0.4 is 5.32 Å². The zero-order chi connectivity index (χ0) is 12.0. The molecule has 0 saturated carbocycles. The minimum Gasteiger partial charge on any atom is -0.312 e. The maximum absolute atomic E-state index is 13.1. The Balaban J connectivity index is 2.64. The summed E-state index contributed by atoms with van der Waals surface area (Å²) in [5, 5.41) is 3.35. The molecule has 0 unspecified atom stereocenters. The van der Waals surface area contributed by atoms with Gasteiger partial charge in [0, 0.05) is 11.4 Å². The summed E-state index contributed by atoms with van der Waals surface area (Å²) in [6, 6.07) is 5.03. The fourth-order valence-electron chi connectivity index (χ4n) is 1.48. The third-order valence-corrected chi connectivity index (χ3v) is 3.19. The smallest absolute Gasteiger partial charge is 0.123 e. The van der Waals surface area contributed by atoms with Gasteiger partial charge in [-0.25, -0.2) is 4.39 Å². The summed E-state index contributed by atoms with van der Waals surface area (Å²) in [5.74, 6) is 1.49. The highest BCUT2D eigenvalue weighted by atomic mass is 32.2. The van der Waals surface area contributed by atoms with Gasteiger partial charge in [0.05, 0.1) is 0 Å². The average Bonchev–Trinajstić information content (AvgIpc) is 2.21. The topological polar surface area (TPSA) is 12.0 Å². The molecule has 90 valence electrons. The number of benzene rings is 1. The standard InChI is InChI=1S/C13H20FNS/c1-4-16-13-6-5-12(14)7-11(13)9-15-8-10(2)3/h5-7,10,15H,4,8-9H2,1-3H3.